The topological polar surface area (TPSA) is 15.3 Å². The Hall–Kier alpha value is -0.0800. The van der Waals surface area contributed by atoms with Gasteiger partial charge < -0.3 is 10.2 Å². The van der Waals surface area contributed by atoms with Crippen molar-refractivity contribution < 1.29 is 0 Å². The van der Waals surface area contributed by atoms with Gasteiger partial charge >= 0.3 is 0 Å². The highest BCUT2D eigenvalue weighted by molar-refractivity contribution is 4.76. The first-order valence-corrected chi connectivity index (χ1v) is 6.39. The Kier molecular flexibility index (Phi) is 8.07. The summed E-state index contributed by atoms with van der Waals surface area (Å²) in [5.41, 5.74) is 0.275. The van der Waals surface area contributed by atoms with Crippen molar-refractivity contribution in [3.8, 4) is 0 Å². The Morgan fingerprint density at radius 2 is 1.73 bits per heavy atom. The summed E-state index contributed by atoms with van der Waals surface area (Å²) >= 11 is 0. The van der Waals surface area contributed by atoms with Crippen LogP contribution >= 0.6 is 0 Å². The lowest BCUT2D eigenvalue weighted by atomic mass is 10.0. The molecule has 0 amide bonds. The van der Waals surface area contributed by atoms with Crippen molar-refractivity contribution >= 4 is 0 Å². The Balaban J connectivity index is 3.44. The first-order chi connectivity index (χ1) is 7.02. The van der Waals surface area contributed by atoms with Crippen molar-refractivity contribution in [2.75, 3.05) is 27.2 Å². The molecule has 0 heterocycles. The minimum Gasteiger partial charge on any atom is -0.315 e. The summed E-state index contributed by atoms with van der Waals surface area (Å²) in [5.74, 6) is 0. The third-order valence-electron chi connectivity index (χ3n) is 3.19. The quantitative estimate of drug-likeness (QED) is 0.594. The van der Waals surface area contributed by atoms with E-state index < -0.39 is 0 Å². The highest BCUT2D eigenvalue weighted by atomic mass is 15.1. The van der Waals surface area contributed by atoms with E-state index >= 15 is 0 Å². The van der Waals surface area contributed by atoms with Crippen LogP contribution in [0.2, 0.25) is 0 Å². The number of unbranched alkanes of at least 4 members (excludes halogenated alkanes) is 3. The molecule has 2 nitrogen and oxygen atoms in total. The van der Waals surface area contributed by atoms with Crippen LogP contribution in [0.25, 0.3) is 0 Å². The molecule has 0 rings (SSSR count). The Morgan fingerprint density at radius 3 is 2.27 bits per heavy atom. The summed E-state index contributed by atoms with van der Waals surface area (Å²) in [5, 5.41) is 3.35. The molecule has 0 aliphatic carbocycles. The van der Waals surface area contributed by atoms with Gasteiger partial charge in [0.15, 0.2) is 0 Å². The van der Waals surface area contributed by atoms with Crippen molar-refractivity contribution in [2.24, 2.45) is 0 Å². The van der Waals surface area contributed by atoms with Gasteiger partial charge in [-0.1, -0.05) is 26.2 Å². The molecular weight excluding hydrogens is 184 g/mol. The van der Waals surface area contributed by atoms with E-state index in [1.54, 1.807) is 0 Å². The van der Waals surface area contributed by atoms with Gasteiger partial charge in [-0.15, -0.1) is 0 Å². The summed E-state index contributed by atoms with van der Waals surface area (Å²) in [4.78, 5) is 2.45. The number of hydrogen-bond acceptors (Lipinski definition) is 2. The Bertz CT molecular complexity index is 143. The largest absolute Gasteiger partial charge is 0.315 e. The van der Waals surface area contributed by atoms with E-state index in [-0.39, 0.29) is 5.54 Å². The smallest absolute Gasteiger partial charge is 0.0134 e. The maximum absolute atomic E-state index is 3.35. The lowest BCUT2D eigenvalue weighted by Crippen LogP contribution is -2.39. The van der Waals surface area contributed by atoms with Crippen LogP contribution < -0.4 is 5.32 Å². The number of nitrogens with zero attached hydrogens (tertiary/aromatic N) is 1. The second-order valence-corrected chi connectivity index (χ2v) is 5.25. The van der Waals surface area contributed by atoms with Crippen LogP contribution in [0.5, 0.6) is 0 Å². The lowest BCUT2D eigenvalue weighted by molar-refractivity contribution is 0.272. The molecule has 0 aliphatic heterocycles. The molecule has 0 unspecified atom stereocenters. The first-order valence-electron chi connectivity index (χ1n) is 6.39. The van der Waals surface area contributed by atoms with E-state index in [0.717, 1.165) is 0 Å². The fraction of sp³-hybridized carbons (Fsp3) is 1.00. The number of rotatable bonds is 9. The molecule has 0 saturated carbocycles. The summed E-state index contributed by atoms with van der Waals surface area (Å²) in [6, 6.07) is 0. The van der Waals surface area contributed by atoms with E-state index in [1.807, 2.05) is 7.05 Å². The van der Waals surface area contributed by atoms with E-state index in [0.29, 0.717) is 0 Å². The maximum Gasteiger partial charge on any atom is 0.0134 e. The number of nitrogens with one attached hydrogen (secondary N) is 1. The zero-order chi connectivity index (χ0) is 11.7. The second-order valence-electron chi connectivity index (χ2n) is 5.25. The van der Waals surface area contributed by atoms with E-state index in [2.05, 4.69) is 38.0 Å². The van der Waals surface area contributed by atoms with Gasteiger partial charge in [0.2, 0.25) is 0 Å². The van der Waals surface area contributed by atoms with Crippen molar-refractivity contribution in [1.82, 2.24) is 10.2 Å². The fourth-order valence-electron chi connectivity index (χ4n) is 1.52. The molecule has 0 aromatic heterocycles. The Morgan fingerprint density at radius 1 is 1.07 bits per heavy atom. The van der Waals surface area contributed by atoms with Gasteiger partial charge in [-0.05, 0) is 53.9 Å². The van der Waals surface area contributed by atoms with Crippen LogP contribution in [-0.2, 0) is 0 Å². The second kappa shape index (κ2) is 8.12. The molecule has 0 radical (unpaired) electrons. The van der Waals surface area contributed by atoms with Gasteiger partial charge in [0, 0.05) is 5.54 Å². The average Bonchev–Trinajstić information content (AvgIpc) is 2.22. The van der Waals surface area contributed by atoms with E-state index in [4.69, 9.17) is 0 Å². The zero-order valence-electron chi connectivity index (χ0n) is 11.4. The van der Waals surface area contributed by atoms with Gasteiger partial charge in [-0.2, -0.15) is 0 Å². The summed E-state index contributed by atoms with van der Waals surface area (Å²) < 4.78 is 0. The predicted molar refractivity (Wildman–Crippen MR) is 69.4 cm³/mol. The van der Waals surface area contributed by atoms with Crippen LogP contribution in [-0.4, -0.2) is 37.6 Å². The standard InChI is InChI=1S/C13H30N2/c1-6-7-8-9-11-15(5)12-10-13(2,3)14-4/h14H,6-12H2,1-5H3. The molecule has 0 saturated heterocycles. The zero-order valence-corrected chi connectivity index (χ0v) is 11.4. The molecule has 2 heteroatoms. The lowest BCUT2D eigenvalue weighted by Gasteiger charge is -2.27. The van der Waals surface area contributed by atoms with Gasteiger partial charge in [-0.25, -0.2) is 0 Å². The predicted octanol–water partition coefficient (Wildman–Crippen LogP) is 2.89. The number of hydrogen-bond donors (Lipinski definition) is 1. The molecule has 1 N–H and O–H groups in total. The molecule has 15 heavy (non-hydrogen) atoms. The van der Waals surface area contributed by atoms with Gasteiger partial charge in [0.25, 0.3) is 0 Å². The third kappa shape index (κ3) is 8.88. The van der Waals surface area contributed by atoms with Crippen LogP contribution in [0.15, 0.2) is 0 Å². The maximum atomic E-state index is 3.35. The average molecular weight is 214 g/mol. The SMILES string of the molecule is CCCCCCN(C)CCC(C)(C)NC. The van der Waals surface area contributed by atoms with Crippen molar-refractivity contribution in [2.45, 2.75) is 58.4 Å². The van der Waals surface area contributed by atoms with E-state index in [1.165, 1.54) is 45.2 Å². The monoisotopic (exact) mass is 214 g/mol. The summed E-state index contributed by atoms with van der Waals surface area (Å²) in [7, 11) is 4.28. The van der Waals surface area contributed by atoms with Crippen LogP contribution in [0.4, 0.5) is 0 Å². The van der Waals surface area contributed by atoms with Crippen molar-refractivity contribution in [1.29, 1.82) is 0 Å². The molecule has 0 aromatic carbocycles. The molecule has 0 bridgehead atoms. The van der Waals surface area contributed by atoms with Crippen molar-refractivity contribution in [3.05, 3.63) is 0 Å². The molecule has 0 spiro atoms. The highest BCUT2D eigenvalue weighted by Crippen LogP contribution is 2.08. The summed E-state index contributed by atoms with van der Waals surface area (Å²) in [6.45, 7) is 9.23. The minimum absolute atomic E-state index is 0.275. The van der Waals surface area contributed by atoms with Gasteiger partial charge in [0.1, 0.15) is 0 Å². The van der Waals surface area contributed by atoms with Crippen LogP contribution in [0, 0.1) is 0 Å². The van der Waals surface area contributed by atoms with Crippen molar-refractivity contribution in [3.63, 3.8) is 0 Å². The van der Waals surface area contributed by atoms with Gasteiger partial charge in [-0.3, -0.25) is 0 Å². The highest BCUT2D eigenvalue weighted by Gasteiger charge is 2.14. The normalized spacial score (nSPS) is 12.4. The van der Waals surface area contributed by atoms with Crippen LogP contribution in [0.1, 0.15) is 52.9 Å². The Labute approximate surface area is 96.4 Å². The third-order valence-corrected chi connectivity index (χ3v) is 3.19. The van der Waals surface area contributed by atoms with Gasteiger partial charge in [0.05, 0.1) is 0 Å². The molecule has 0 atom stereocenters. The van der Waals surface area contributed by atoms with Crippen LogP contribution in [0.3, 0.4) is 0 Å². The fourth-order valence-corrected chi connectivity index (χ4v) is 1.52. The molecule has 0 fully saturated rings. The first kappa shape index (κ1) is 14.9. The van der Waals surface area contributed by atoms with E-state index in [9.17, 15) is 0 Å². The molecule has 92 valence electrons. The molecular formula is C13H30N2. The summed E-state index contributed by atoms with van der Waals surface area (Å²) in [6.07, 6.45) is 6.67. The molecule has 0 aliphatic rings. The minimum atomic E-state index is 0.275. The molecule has 0 aromatic rings.